The fraction of sp³-hybridized carbons (Fsp3) is 0.267. The van der Waals surface area contributed by atoms with Gasteiger partial charge in [-0.1, -0.05) is 6.07 Å². The SMILES string of the molecule is COc1nc2nc(S(=O)(=O)Nc3c([N+](=O)[O-])ccc(C)c3C)nn2cc1C. The lowest BCUT2D eigenvalue weighted by molar-refractivity contribution is -0.383. The van der Waals surface area contributed by atoms with Crippen LogP contribution < -0.4 is 9.46 Å². The summed E-state index contributed by atoms with van der Waals surface area (Å²) in [6, 6.07) is 2.79. The second-order valence-electron chi connectivity index (χ2n) is 5.84. The van der Waals surface area contributed by atoms with Crippen LogP contribution in [0.5, 0.6) is 5.88 Å². The van der Waals surface area contributed by atoms with Gasteiger partial charge in [-0.2, -0.15) is 18.4 Å². The number of hydrogen-bond donors (Lipinski definition) is 1. The number of aromatic nitrogens is 4. The Bertz CT molecular complexity index is 1170. The fourth-order valence-electron chi connectivity index (χ4n) is 2.46. The zero-order valence-corrected chi connectivity index (χ0v) is 15.7. The molecule has 11 nitrogen and oxygen atoms in total. The van der Waals surface area contributed by atoms with Gasteiger partial charge in [-0.05, 0) is 31.9 Å². The number of nitro benzene ring substituents is 1. The van der Waals surface area contributed by atoms with Crippen molar-refractivity contribution in [1.29, 1.82) is 0 Å². The number of anilines is 1. The van der Waals surface area contributed by atoms with Crippen molar-refractivity contribution < 1.29 is 18.1 Å². The molecule has 2 aromatic heterocycles. The average molecular weight is 392 g/mol. The van der Waals surface area contributed by atoms with E-state index < -0.39 is 20.1 Å². The van der Waals surface area contributed by atoms with Crippen LogP contribution >= 0.6 is 0 Å². The van der Waals surface area contributed by atoms with Crippen LogP contribution in [0.2, 0.25) is 0 Å². The van der Waals surface area contributed by atoms with Gasteiger partial charge in [-0.3, -0.25) is 14.8 Å². The van der Waals surface area contributed by atoms with Crippen molar-refractivity contribution >= 4 is 27.2 Å². The summed E-state index contributed by atoms with van der Waals surface area (Å²) >= 11 is 0. The molecule has 0 spiro atoms. The van der Waals surface area contributed by atoms with Crippen LogP contribution in [0.1, 0.15) is 16.7 Å². The van der Waals surface area contributed by atoms with Crippen molar-refractivity contribution in [3.63, 3.8) is 0 Å². The Kier molecular flexibility index (Phi) is 4.43. The zero-order valence-electron chi connectivity index (χ0n) is 14.9. The summed E-state index contributed by atoms with van der Waals surface area (Å²) in [6.07, 6.45) is 1.52. The Morgan fingerprint density at radius 1 is 1.19 bits per heavy atom. The van der Waals surface area contributed by atoms with Gasteiger partial charge in [0.15, 0.2) is 0 Å². The van der Waals surface area contributed by atoms with Gasteiger partial charge in [0.05, 0.1) is 12.0 Å². The fourth-order valence-corrected chi connectivity index (χ4v) is 3.47. The maximum Gasteiger partial charge on any atom is 0.299 e. The lowest BCUT2D eigenvalue weighted by Crippen LogP contribution is -2.17. The Morgan fingerprint density at radius 2 is 1.89 bits per heavy atom. The summed E-state index contributed by atoms with van der Waals surface area (Å²) in [5.41, 5.74) is 1.29. The third-order valence-corrected chi connectivity index (χ3v) is 5.16. The number of aryl methyl sites for hydroxylation is 2. The minimum atomic E-state index is -4.28. The van der Waals surface area contributed by atoms with E-state index in [0.29, 0.717) is 16.7 Å². The zero-order chi connectivity index (χ0) is 19.9. The van der Waals surface area contributed by atoms with Crippen LogP contribution in [0, 0.1) is 30.9 Å². The Hall–Kier alpha value is -3.28. The number of sulfonamides is 1. The van der Waals surface area contributed by atoms with E-state index in [4.69, 9.17) is 4.74 Å². The predicted octanol–water partition coefficient (Wildman–Crippen LogP) is 1.77. The number of nitrogens with one attached hydrogen (secondary N) is 1. The van der Waals surface area contributed by atoms with E-state index in [-0.39, 0.29) is 23.0 Å². The maximum atomic E-state index is 12.7. The van der Waals surface area contributed by atoms with Gasteiger partial charge in [0.1, 0.15) is 5.69 Å². The van der Waals surface area contributed by atoms with E-state index in [0.717, 1.165) is 0 Å². The number of benzene rings is 1. The van der Waals surface area contributed by atoms with Crippen LogP contribution in [0.25, 0.3) is 5.78 Å². The first-order chi connectivity index (χ1) is 12.6. The first kappa shape index (κ1) is 18.5. The predicted molar refractivity (Wildman–Crippen MR) is 95.4 cm³/mol. The van der Waals surface area contributed by atoms with Crippen molar-refractivity contribution in [1.82, 2.24) is 19.6 Å². The van der Waals surface area contributed by atoms with E-state index in [1.165, 1.54) is 23.9 Å². The minimum Gasteiger partial charge on any atom is -0.481 e. The molecule has 1 aromatic carbocycles. The molecule has 142 valence electrons. The minimum absolute atomic E-state index is 0.0216. The molecule has 12 heteroatoms. The van der Waals surface area contributed by atoms with E-state index in [9.17, 15) is 18.5 Å². The van der Waals surface area contributed by atoms with Crippen LogP contribution in [0.15, 0.2) is 23.5 Å². The average Bonchev–Trinajstić information content (AvgIpc) is 3.01. The van der Waals surface area contributed by atoms with Gasteiger partial charge in [0, 0.05) is 17.8 Å². The summed E-state index contributed by atoms with van der Waals surface area (Å²) in [4.78, 5) is 18.6. The molecule has 0 bridgehead atoms. The Morgan fingerprint density at radius 3 is 2.52 bits per heavy atom. The molecule has 2 heterocycles. The van der Waals surface area contributed by atoms with Crippen LogP contribution in [0.4, 0.5) is 11.4 Å². The van der Waals surface area contributed by atoms with Gasteiger partial charge in [0.2, 0.25) is 5.88 Å². The number of fused-ring (bicyclic) bond motifs is 1. The van der Waals surface area contributed by atoms with Crippen molar-refractivity contribution in [2.24, 2.45) is 0 Å². The first-order valence-electron chi connectivity index (χ1n) is 7.69. The number of hydrogen-bond acceptors (Lipinski definition) is 8. The molecular formula is C15H16N6O5S. The van der Waals surface area contributed by atoms with Gasteiger partial charge in [0.25, 0.3) is 26.6 Å². The second-order valence-corrected chi connectivity index (χ2v) is 7.41. The van der Waals surface area contributed by atoms with Gasteiger partial charge in [-0.25, -0.2) is 4.52 Å². The molecule has 27 heavy (non-hydrogen) atoms. The summed E-state index contributed by atoms with van der Waals surface area (Å²) in [6.45, 7) is 5.03. The lowest BCUT2D eigenvalue weighted by Gasteiger charge is -2.10. The summed E-state index contributed by atoms with van der Waals surface area (Å²) in [5, 5.41) is 14.6. The van der Waals surface area contributed by atoms with Crippen molar-refractivity contribution in [2.45, 2.75) is 25.9 Å². The van der Waals surface area contributed by atoms with Crippen molar-refractivity contribution in [3.05, 3.63) is 45.1 Å². The normalized spacial score (nSPS) is 11.6. The number of ether oxygens (including phenoxy) is 1. The van der Waals surface area contributed by atoms with Gasteiger partial charge < -0.3 is 4.74 Å². The molecule has 0 radical (unpaired) electrons. The molecule has 0 saturated heterocycles. The molecule has 3 aromatic rings. The van der Waals surface area contributed by atoms with Crippen LogP contribution in [-0.4, -0.2) is 40.0 Å². The van der Waals surface area contributed by atoms with E-state index in [2.05, 4.69) is 19.8 Å². The third kappa shape index (κ3) is 3.26. The summed E-state index contributed by atoms with van der Waals surface area (Å²) in [5.74, 6) is 0.310. The van der Waals surface area contributed by atoms with Crippen molar-refractivity contribution in [2.75, 3.05) is 11.8 Å². The number of methoxy groups -OCH3 is 1. The molecule has 0 fully saturated rings. The molecule has 0 aliphatic rings. The van der Waals surface area contributed by atoms with E-state index in [1.54, 1.807) is 26.8 Å². The van der Waals surface area contributed by atoms with Gasteiger partial charge in [-0.15, -0.1) is 5.10 Å². The Labute approximate surface area is 154 Å². The topological polar surface area (TPSA) is 142 Å². The Balaban J connectivity index is 2.10. The third-order valence-electron chi connectivity index (χ3n) is 4.03. The maximum absolute atomic E-state index is 12.7. The van der Waals surface area contributed by atoms with E-state index in [1.807, 2.05) is 0 Å². The highest BCUT2D eigenvalue weighted by Crippen LogP contribution is 2.31. The molecule has 0 amide bonds. The molecule has 0 unspecified atom stereocenters. The number of nitrogens with zero attached hydrogens (tertiary/aromatic N) is 5. The molecule has 0 atom stereocenters. The number of rotatable bonds is 5. The highest BCUT2D eigenvalue weighted by molar-refractivity contribution is 7.92. The highest BCUT2D eigenvalue weighted by Gasteiger charge is 2.27. The monoisotopic (exact) mass is 392 g/mol. The first-order valence-corrected chi connectivity index (χ1v) is 9.18. The lowest BCUT2D eigenvalue weighted by atomic mass is 10.1. The largest absolute Gasteiger partial charge is 0.481 e. The molecule has 3 rings (SSSR count). The standard InChI is InChI=1S/C15H16N6O5S/c1-8-5-6-11(21(22)23)12(10(8)3)19-27(24,25)15-17-14-16-13(26-4)9(2)7-20(14)18-15/h5-7,19H,1-4H3. The van der Waals surface area contributed by atoms with Crippen LogP contribution in [0.3, 0.4) is 0 Å². The molecule has 0 aliphatic carbocycles. The molecular weight excluding hydrogens is 376 g/mol. The van der Waals surface area contributed by atoms with Gasteiger partial charge >= 0.3 is 0 Å². The molecule has 1 N–H and O–H groups in total. The summed E-state index contributed by atoms with van der Waals surface area (Å²) in [7, 11) is -2.85. The highest BCUT2D eigenvalue weighted by atomic mass is 32.2. The second kappa shape index (κ2) is 6.46. The number of nitro groups is 1. The smallest absolute Gasteiger partial charge is 0.299 e. The van der Waals surface area contributed by atoms with Crippen molar-refractivity contribution in [3.8, 4) is 5.88 Å². The quantitative estimate of drug-likeness (QED) is 0.511. The summed E-state index contributed by atoms with van der Waals surface area (Å²) < 4.78 is 33.9. The molecule has 0 aliphatic heterocycles. The van der Waals surface area contributed by atoms with E-state index >= 15 is 0 Å². The molecule has 0 saturated carbocycles. The van der Waals surface area contributed by atoms with Crippen LogP contribution in [-0.2, 0) is 10.0 Å².